The van der Waals surface area contributed by atoms with Crippen LogP contribution in [-0.4, -0.2) is 56.0 Å². The molecular weight excluding hydrogens is 448 g/mol. The number of benzene rings is 2. The average molecular weight is 483 g/mol. The lowest BCUT2D eigenvalue weighted by Gasteiger charge is -2.20. The van der Waals surface area contributed by atoms with Gasteiger partial charge in [0.15, 0.2) is 0 Å². The molecule has 2 aromatic rings. The van der Waals surface area contributed by atoms with E-state index in [1.54, 1.807) is 14.0 Å². The molecule has 0 spiro atoms. The van der Waals surface area contributed by atoms with E-state index in [4.69, 9.17) is 14.6 Å². The quantitative estimate of drug-likeness (QED) is 0.373. The van der Waals surface area contributed by atoms with Crippen LogP contribution in [0.5, 0.6) is 0 Å². The minimum atomic E-state index is -0.856. The molecule has 2 amide bonds. The van der Waals surface area contributed by atoms with Crippen LogP contribution >= 0.6 is 0 Å². The Kier molecular flexibility index (Phi) is 9.66. The maximum Gasteiger partial charge on any atom is 0.407 e. The zero-order valence-corrected chi connectivity index (χ0v) is 20.3. The number of fused-ring (bicyclic) bond motifs is 3. The molecule has 3 rings (SSSR count). The molecule has 35 heavy (non-hydrogen) atoms. The Morgan fingerprint density at radius 3 is 2.20 bits per heavy atom. The van der Waals surface area contributed by atoms with Crippen molar-refractivity contribution >= 4 is 18.0 Å². The van der Waals surface area contributed by atoms with E-state index in [1.807, 2.05) is 36.4 Å². The monoisotopic (exact) mass is 482 g/mol. The van der Waals surface area contributed by atoms with Gasteiger partial charge in [-0.1, -0.05) is 55.5 Å². The second kappa shape index (κ2) is 12.9. The average Bonchev–Trinajstić information content (AvgIpc) is 3.18. The zero-order chi connectivity index (χ0) is 25.2. The fraction of sp³-hybridized carbons (Fsp3) is 0.444. The summed E-state index contributed by atoms with van der Waals surface area (Å²) in [6, 6.07) is 15.4. The summed E-state index contributed by atoms with van der Waals surface area (Å²) < 4.78 is 10.7. The van der Waals surface area contributed by atoms with Crippen LogP contribution in [0.15, 0.2) is 48.5 Å². The third-order valence-electron chi connectivity index (χ3n) is 6.33. The van der Waals surface area contributed by atoms with Gasteiger partial charge in [-0.25, -0.2) is 4.79 Å². The first-order valence-electron chi connectivity index (χ1n) is 12.0. The number of ether oxygens (including phenoxy) is 2. The van der Waals surface area contributed by atoms with Crippen LogP contribution in [-0.2, 0) is 19.1 Å². The van der Waals surface area contributed by atoms with E-state index in [1.165, 1.54) is 0 Å². The summed E-state index contributed by atoms with van der Waals surface area (Å²) in [4.78, 5) is 36.3. The number of carboxylic acid groups (broad SMARTS) is 1. The Morgan fingerprint density at radius 2 is 1.60 bits per heavy atom. The molecule has 2 unspecified atom stereocenters. The molecule has 0 fully saturated rings. The van der Waals surface area contributed by atoms with Gasteiger partial charge in [0.25, 0.3) is 0 Å². The fourth-order valence-corrected chi connectivity index (χ4v) is 4.35. The zero-order valence-electron chi connectivity index (χ0n) is 20.3. The number of carbonyl (C=O) groups excluding carboxylic acids is 2. The van der Waals surface area contributed by atoms with Crippen LogP contribution in [0.4, 0.5) is 4.79 Å². The van der Waals surface area contributed by atoms with E-state index in [-0.39, 0.29) is 18.4 Å². The van der Waals surface area contributed by atoms with Crippen molar-refractivity contribution in [2.45, 2.75) is 44.6 Å². The van der Waals surface area contributed by atoms with Gasteiger partial charge < -0.3 is 25.2 Å². The SMILES string of the molecule is COCCCC(NC(=O)OCC1c2ccccc2-c2ccccc21)C(=O)NCCCC(C)C(=O)O. The molecule has 188 valence electrons. The summed E-state index contributed by atoms with van der Waals surface area (Å²) in [5, 5.41) is 14.5. The maximum atomic E-state index is 12.7. The summed E-state index contributed by atoms with van der Waals surface area (Å²) >= 11 is 0. The molecule has 0 saturated carbocycles. The highest BCUT2D eigenvalue weighted by Gasteiger charge is 2.29. The van der Waals surface area contributed by atoms with Crippen LogP contribution in [0.25, 0.3) is 11.1 Å². The van der Waals surface area contributed by atoms with Gasteiger partial charge >= 0.3 is 12.1 Å². The molecule has 2 atom stereocenters. The Morgan fingerprint density at radius 1 is 0.971 bits per heavy atom. The molecule has 8 nitrogen and oxygen atoms in total. The fourth-order valence-electron chi connectivity index (χ4n) is 4.35. The highest BCUT2D eigenvalue weighted by atomic mass is 16.5. The van der Waals surface area contributed by atoms with E-state index in [0.717, 1.165) is 22.3 Å². The second-order valence-corrected chi connectivity index (χ2v) is 8.83. The van der Waals surface area contributed by atoms with E-state index < -0.39 is 24.0 Å². The number of rotatable bonds is 13. The van der Waals surface area contributed by atoms with Crippen molar-refractivity contribution in [1.29, 1.82) is 0 Å². The Balaban J connectivity index is 1.55. The van der Waals surface area contributed by atoms with E-state index in [9.17, 15) is 14.4 Å². The molecule has 2 aromatic carbocycles. The number of hydrogen-bond acceptors (Lipinski definition) is 5. The van der Waals surface area contributed by atoms with Crippen LogP contribution < -0.4 is 10.6 Å². The highest BCUT2D eigenvalue weighted by Crippen LogP contribution is 2.44. The lowest BCUT2D eigenvalue weighted by molar-refractivity contribution is -0.141. The van der Waals surface area contributed by atoms with Crippen LogP contribution in [0.2, 0.25) is 0 Å². The van der Waals surface area contributed by atoms with E-state index >= 15 is 0 Å². The maximum absolute atomic E-state index is 12.7. The van der Waals surface area contributed by atoms with Crippen molar-refractivity contribution in [3.8, 4) is 11.1 Å². The van der Waals surface area contributed by atoms with Gasteiger partial charge in [0, 0.05) is 26.2 Å². The van der Waals surface area contributed by atoms with E-state index in [2.05, 4.69) is 22.8 Å². The smallest absolute Gasteiger partial charge is 0.407 e. The Hall–Kier alpha value is -3.39. The number of aliphatic carboxylic acids is 1. The summed E-state index contributed by atoms with van der Waals surface area (Å²) in [5.74, 6) is -1.71. The number of alkyl carbamates (subject to hydrolysis) is 1. The molecule has 1 aliphatic rings. The Bertz CT molecular complexity index is 979. The molecular formula is C27H34N2O6. The number of nitrogens with one attached hydrogen (secondary N) is 2. The van der Waals surface area contributed by atoms with E-state index in [0.29, 0.717) is 38.8 Å². The summed E-state index contributed by atoms with van der Waals surface area (Å²) in [5.41, 5.74) is 4.52. The molecule has 0 heterocycles. The van der Waals surface area contributed by atoms with Crippen LogP contribution in [0, 0.1) is 5.92 Å². The number of methoxy groups -OCH3 is 1. The number of carboxylic acids is 1. The van der Waals surface area contributed by atoms with Crippen molar-refractivity contribution in [2.24, 2.45) is 5.92 Å². The van der Waals surface area contributed by atoms with Crippen LogP contribution in [0.3, 0.4) is 0 Å². The van der Waals surface area contributed by atoms with Gasteiger partial charge in [0.05, 0.1) is 5.92 Å². The predicted molar refractivity (Wildman–Crippen MR) is 132 cm³/mol. The third-order valence-corrected chi connectivity index (χ3v) is 6.33. The minimum absolute atomic E-state index is 0.0647. The molecule has 0 bridgehead atoms. The predicted octanol–water partition coefficient (Wildman–Crippen LogP) is 3.94. The van der Waals surface area contributed by atoms with Crippen molar-refractivity contribution in [3.05, 3.63) is 59.7 Å². The first-order chi connectivity index (χ1) is 16.9. The largest absolute Gasteiger partial charge is 0.481 e. The van der Waals surface area contributed by atoms with Gasteiger partial charge in [-0.05, 0) is 47.9 Å². The summed E-state index contributed by atoms with van der Waals surface area (Å²) in [6.07, 6.45) is 1.34. The molecule has 0 aromatic heterocycles. The van der Waals surface area contributed by atoms with Crippen molar-refractivity contribution in [1.82, 2.24) is 10.6 Å². The van der Waals surface area contributed by atoms with Crippen molar-refractivity contribution < 1.29 is 29.0 Å². The normalized spacial score (nSPS) is 13.9. The number of carbonyl (C=O) groups is 3. The van der Waals surface area contributed by atoms with Gasteiger partial charge in [-0.15, -0.1) is 0 Å². The van der Waals surface area contributed by atoms with Gasteiger partial charge in [-0.2, -0.15) is 0 Å². The highest BCUT2D eigenvalue weighted by molar-refractivity contribution is 5.85. The molecule has 0 saturated heterocycles. The molecule has 0 aliphatic heterocycles. The second-order valence-electron chi connectivity index (χ2n) is 8.83. The number of amides is 2. The lowest BCUT2D eigenvalue weighted by Crippen LogP contribution is -2.47. The Labute approximate surface area is 206 Å². The van der Waals surface area contributed by atoms with Gasteiger partial charge in [0.1, 0.15) is 12.6 Å². The first kappa shape index (κ1) is 26.2. The molecule has 0 radical (unpaired) electrons. The van der Waals surface area contributed by atoms with Gasteiger partial charge in [0.2, 0.25) is 5.91 Å². The molecule has 3 N–H and O–H groups in total. The third kappa shape index (κ3) is 7.05. The topological polar surface area (TPSA) is 114 Å². The first-order valence-corrected chi connectivity index (χ1v) is 12.0. The van der Waals surface area contributed by atoms with Crippen molar-refractivity contribution in [3.63, 3.8) is 0 Å². The van der Waals surface area contributed by atoms with Crippen molar-refractivity contribution in [2.75, 3.05) is 26.9 Å². The standard InChI is InChI=1S/C27H34N2O6/c1-18(26(31)32)9-7-15-28-25(30)24(14-8-16-34-2)29-27(33)35-17-23-21-12-5-3-10-19(21)20-11-4-6-13-22(20)23/h3-6,10-13,18,23-24H,7-9,14-17H2,1-2H3,(H,28,30)(H,29,33)(H,31,32). The van der Waals surface area contributed by atoms with Crippen LogP contribution in [0.1, 0.15) is 49.7 Å². The summed E-state index contributed by atoms with van der Waals surface area (Å²) in [7, 11) is 1.58. The van der Waals surface area contributed by atoms with Gasteiger partial charge in [-0.3, -0.25) is 9.59 Å². The molecule has 8 heteroatoms. The molecule has 1 aliphatic carbocycles. The number of hydrogen-bond donors (Lipinski definition) is 3. The minimum Gasteiger partial charge on any atom is -0.481 e. The summed E-state index contributed by atoms with van der Waals surface area (Å²) in [6.45, 7) is 2.60. The lowest BCUT2D eigenvalue weighted by atomic mass is 9.98.